The highest BCUT2D eigenvalue weighted by Crippen LogP contribution is 2.19. The number of nitrogens with zero attached hydrogens (tertiary/aromatic N) is 2. The van der Waals surface area contributed by atoms with E-state index in [-0.39, 0.29) is 0 Å². The molecule has 3 N–H and O–H groups in total. The molecule has 0 saturated carbocycles. The number of nitrogens with one attached hydrogen (secondary N) is 2. The van der Waals surface area contributed by atoms with Gasteiger partial charge in [0.05, 0.1) is 19.8 Å². The van der Waals surface area contributed by atoms with Gasteiger partial charge in [0.1, 0.15) is 5.75 Å². The predicted octanol–water partition coefficient (Wildman–Crippen LogP) is 2.32. The molecule has 0 aromatic heterocycles. The number of ether oxygens (including phenoxy) is 1. The molecule has 0 radical (unpaired) electrons. The summed E-state index contributed by atoms with van der Waals surface area (Å²) in [6.07, 6.45) is 1.50. The third-order valence-electron chi connectivity index (χ3n) is 4.67. The van der Waals surface area contributed by atoms with Crippen molar-refractivity contribution >= 4 is 5.96 Å². The van der Waals surface area contributed by atoms with Crippen LogP contribution >= 0.6 is 0 Å². The van der Waals surface area contributed by atoms with E-state index in [0.717, 1.165) is 56.3 Å². The van der Waals surface area contributed by atoms with E-state index in [1.165, 1.54) is 5.57 Å². The lowest BCUT2D eigenvalue weighted by atomic mass is 10.0. The molecule has 6 heteroatoms. The van der Waals surface area contributed by atoms with Gasteiger partial charge in [-0.1, -0.05) is 24.3 Å². The van der Waals surface area contributed by atoms with E-state index < -0.39 is 6.10 Å². The highest BCUT2D eigenvalue weighted by Gasteiger charge is 2.20. The Kier molecular flexibility index (Phi) is 8.61. The fourth-order valence-corrected chi connectivity index (χ4v) is 3.26. The molecule has 0 bridgehead atoms. The first-order chi connectivity index (χ1) is 13.0. The topological polar surface area (TPSA) is 69.1 Å². The molecule has 6 nitrogen and oxygen atoms in total. The molecule has 1 heterocycles. The van der Waals surface area contributed by atoms with Crippen LogP contribution in [0, 0.1) is 0 Å². The van der Waals surface area contributed by atoms with Gasteiger partial charge in [-0.25, -0.2) is 0 Å². The molecule has 1 aliphatic heterocycles. The van der Waals surface area contributed by atoms with Gasteiger partial charge in [-0.2, -0.15) is 0 Å². The lowest BCUT2D eigenvalue weighted by Gasteiger charge is -2.33. The van der Waals surface area contributed by atoms with Crippen molar-refractivity contribution in [2.75, 3.05) is 39.8 Å². The Morgan fingerprint density at radius 3 is 2.78 bits per heavy atom. The second-order valence-electron chi connectivity index (χ2n) is 7.16. The zero-order valence-electron chi connectivity index (χ0n) is 16.9. The fraction of sp³-hybridized carbons (Fsp3) is 0.571. The fourth-order valence-electron chi connectivity index (χ4n) is 3.26. The Morgan fingerprint density at radius 2 is 2.15 bits per heavy atom. The summed E-state index contributed by atoms with van der Waals surface area (Å²) < 4.78 is 5.22. The number of guanidine groups is 1. The summed E-state index contributed by atoms with van der Waals surface area (Å²) in [6, 6.07) is 7.88. The monoisotopic (exact) mass is 374 g/mol. The van der Waals surface area contributed by atoms with E-state index >= 15 is 0 Å². The number of methoxy groups -OCH3 is 1. The predicted molar refractivity (Wildman–Crippen MR) is 111 cm³/mol. The molecule has 0 aliphatic carbocycles. The standard InChI is InChI=1S/C21H34N4O2/c1-5-22-21(24-18-9-11-25(12-10-18)15-16(2)3)23-14-20(26)17-7-6-8-19(13-17)27-4/h6-8,13,18,20,26H,2,5,9-12,14-15H2,1,3-4H3,(H2,22,23,24). The Balaban J connectivity index is 1.89. The summed E-state index contributed by atoms with van der Waals surface area (Å²) in [7, 11) is 1.62. The minimum atomic E-state index is -0.659. The number of aliphatic imine (C=N–C) groups is 1. The molecule has 1 saturated heterocycles. The lowest BCUT2D eigenvalue weighted by molar-refractivity contribution is 0.186. The second kappa shape index (κ2) is 10.9. The summed E-state index contributed by atoms with van der Waals surface area (Å²) in [6.45, 7) is 12.3. The van der Waals surface area contributed by atoms with Gasteiger partial charge in [0, 0.05) is 32.2 Å². The van der Waals surface area contributed by atoms with Gasteiger partial charge in [0.25, 0.3) is 0 Å². The van der Waals surface area contributed by atoms with Crippen molar-refractivity contribution in [3.8, 4) is 5.75 Å². The molecule has 0 amide bonds. The molecule has 1 unspecified atom stereocenters. The third-order valence-corrected chi connectivity index (χ3v) is 4.67. The summed E-state index contributed by atoms with van der Waals surface area (Å²) in [5.74, 6) is 1.50. The van der Waals surface area contributed by atoms with Gasteiger partial charge in [0.2, 0.25) is 0 Å². The summed E-state index contributed by atoms with van der Waals surface area (Å²) in [5.41, 5.74) is 2.02. The molecular formula is C21H34N4O2. The van der Waals surface area contributed by atoms with E-state index in [1.807, 2.05) is 31.2 Å². The van der Waals surface area contributed by atoms with Crippen molar-refractivity contribution in [1.82, 2.24) is 15.5 Å². The molecule has 1 aromatic carbocycles. The van der Waals surface area contributed by atoms with E-state index in [9.17, 15) is 5.11 Å². The van der Waals surface area contributed by atoms with Crippen LogP contribution in [0.15, 0.2) is 41.4 Å². The summed E-state index contributed by atoms with van der Waals surface area (Å²) in [4.78, 5) is 7.02. The maximum atomic E-state index is 10.4. The van der Waals surface area contributed by atoms with Gasteiger partial charge < -0.3 is 20.5 Å². The van der Waals surface area contributed by atoms with Crippen LogP contribution in [0.5, 0.6) is 5.75 Å². The van der Waals surface area contributed by atoms with Gasteiger partial charge in [-0.05, 0) is 44.4 Å². The minimum absolute atomic E-state index is 0.303. The number of piperidine rings is 1. The Hall–Kier alpha value is -2.05. The molecule has 0 spiro atoms. The van der Waals surface area contributed by atoms with Crippen molar-refractivity contribution in [1.29, 1.82) is 0 Å². The third kappa shape index (κ3) is 7.23. The first-order valence-corrected chi connectivity index (χ1v) is 9.75. The minimum Gasteiger partial charge on any atom is -0.497 e. The quantitative estimate of drug-likeness (QED) is 0.370. The van der Waals surface area contributed by atoms with E-state index in [0.29, 0.717) is 12.6 Å². The molecule has 1 fully saturated rings. The van der Waals surface area contributed by atoms with Gasteiger partial charge in [0.15, 0.2) is 5.96 Å². The Morgan fingerprint density at radius 1 is 1.41 bits per heavy atom. The van der Waals surface area contributed by atoms with Crippen LogP contribution in [0.2, 0.25) is 0 Å². The van der Waals surface area contributed by atoms with Crippen molar-refractivity contribution in [2.45, 2.75) is 38.8 Å². The van der Waals surface area contributed by atoms with Crippen molar-refractivity contribution in [3.05, 3.63) is 42.0 Å². The maximum absolute atomic E-state index is 10.4. The first kappa shape index (κ1) is 21.3. The van der Waals surface area contributed by atoms with Gasteiger partial charge in [-0.3, -0.25) is 9.89 Å². The summed E-state index contributed by atoms with van der Waals surface area (Å²) >= 11 is 0. The number of rotatable bonds is 8. The average molecular weight is 375 g/mol. The van der Waals surface area contributed by atoms with Crippen LogP contribution in [0.25, 0.3) is 0 Å². The number of aliphatic hydroxyl groups excluding tert-OH is 1. The van der Waals surface area contributed by atoms with Gasteiger partial charge in [-0.15, -0.1) is 0 Å². The molecule has 2 rings (SSSR count). The van der Waals surface area contributed by atoms with Crippen molar-refractivity contribution in [2.24, 2.45) is 4.99 Å². The Bertz CT molecular complexity index is 624. The molecule has 27 heavy (non-hydrogen) atoms. The molecular weight excluding hydrogens is 340 g/mol. The normalized spacial score (nSPS) is 17.4. The van der Waals surface area contributed by atoms with Crippen LogP contribution in [0.3, 0.4) is 0 Å². The zero-order valence-corrected chi connectivity index (χ0v) is 16.9. The van der Waals surface area contributed by atoms with Crippen molar-refractivity contribution in [3.63, 3.8) is 0 Å². The zero-order chi connectivity index (χ0) is 19.6. The van der Waals surface area contributed by atoms with Crippen LogP contribution in [0.1, 0.15) is 38.4 Å². The molecule has 150 valence electrons. The summed E-state index contributed by atoms with van der Waals surface area (Å²) in [5, 5.41) is 17.2. The first-order valence-electron chi connectivity index (χ1n) is 9.75. The van der Waals surface area contributed by atoms with Crippen LogP contribution < -0.4 is 15.4 Å². The molecule has 1 atom stereocenters. The van der Waals surface area contributed by atoms with Crippen LogP contribution in [-0.2, 0) is 0 Å². The lowest BCUT2D eigenvalue weighted by Crippen LogP contribution is -2.49. The van der Waals surface area contributed by atoms with E-state index in [4.69, 9.17) is 4.74 Å². The van der Waals surface area contributed by atoms with E-state index in [1.54, 1.807) is 7.11 Å². The largest absolute Gasteiger partial charge is 0.497 e. The highest BCUT2D eigenvalue weighted by molar-refractivity contribution is 5.80. The second-order valence-corrected chi connectivity index (χ2v) is 7.16. The van der Waals surface area contributed by atoms with E-state index in [2.05, 4.69) is 34.0 Å². The highest BCUT2D eigenvalue weighted by atomic mass is 16.5. The van der Waals surface area contributed by atoms with Crippen molar-refractivity contribution < 1.29 is 9.84 Å². The average Bonchev–Trinajstić information content (AvgIpc) is 2.67. The number of hydrogen-bond acceptors (Lipinski definition) is 4. The Labute approximate surface area is 163 Å². The van der Waals surface area contributed by atoms with Crippen LogP contribution in [0.4, 0.5) is 0 Å². The number of aliphatic hydroxyl groups is 1. The maximum Gasteiger partial charge on any atom is 0.191 e. The number of likely N-dealkylation sites (tertiary alicyclic amines) is 1. The smallest absolute Gasteiger partial charge is 0.191 e. The number of benzene rings is 1. The molecule has 1 aliphatic rings. The SMILES string of the molecule is C=C(C)CN1CCC(NC(=NCC(O)c2cccc(OC)c2)NCC)CC1. The van der Waals surface area contributed by atoms with Gasteiger partial charge >= 0.3 is 0 Å². The van der Waals surface area contributed by atoms with Crippen LogP contribution in [-0.4, -0.2) is 61.8 Å². The number of hydrogen-bond donors (Lipinski definition) is 3. The molecule has 1 aromatic rings.